The maximum Gasteiger partial charge on any atom is 0.238 e. The molecule has 12 rings (SSSR count). The minimum Gasteiger partial charge on any atom is -0.457 e. The molecule has 0 unspecified atom stereocenters. The monoisotopic (exact) mass is 702 g/mol. The molecule has 2 aliphatic rings. The van der Waals surface area contributed by atoms with Gasteiger partial charge in [-0.2, -0.15) is 9.97 Å². The van der Waals surface area contributed by atoms with Gasteiger partial charge in [0.05, 0.1) is 16.4 Å². The first-order valence-corrected chi connectivity index (χ1v) is 18.6. The number of aromatic nitrogens is 4. The second-order valence-corrected chi connectivity index (χ2v) is 14.4. The van der Waals surface area contributed by atoms with Crippen LogP contribution in [0.5, 0.6) is 11.5 Å². The average molecular weight is 703 g/mol. The number of para-hydroxylation sites is 2. The van der Waals surface area contributed by atoms with Gasteiger partial charge in [0.25, 0.3) is 0 Å². The smallest absolute Gasteiger partial charge is 0.238 e. The summed E-state index contributed by atoms with van der Waals surface area (Å²) in [6, 6.07) is 64.3. The average Bonchev–Trinajstić information content (AvgIpc) is 3.71. The zero-order chi connectivity index (χ0) is 36.1. The Morgan fingerprint density at radius 2 is 0.909 bits per heavy atom. The molecule has 55 heavy (non-hydrogen) atoms. The van der Waals surface area contributed by atoms with Gasteiger partial charge in [-0.25, -0.2) is 4.98 Å². The van der Waals surface area contributed by atoms with E-state index in [4.69, 9.17) is 19.7 Å². The van der Waals surface area contributed by atoms with Crippen molar-refractivity contribution in [2.24, 2.45) is 0 Å². The largest absolute Gasteiger partial charge is 0.457 e. The van der Waals surface area contributed by atoms with Crippen LogP contribution >= 0.6 is 0 Å². The van der Waals surface area contributed by atoms with Gasteiger partial charge in [0.2, 0.25) is 5.95 Å². The Kier molecular flexibility index (Phi) is 6.20. The van der Waals surface area contributed by atoms with Crippen molar-refractivity contribution < 1.29 is 4.74 Å². The lowest BCUT2D eigenvalue weighted by Crippen LogP contribution is -2.32. The van der Waals surface area contributed by atoms with Crippen LogP contribution in [-0.4, -0.2) is 19.5 Å². The number of rotatable bonds is 3. The highest BCUT2D eigenvalue weighted by Crippen LogP contribution is 2.62. The molecular weight excluding hydrogens is 673 g/mol. The number of benzene rings is 8. The minimum atomic E-state index is -0.578. The Bertz CT molecular complexity index is 3080. The third kappa shape index (κ3) is 4.20. The van der Waals surface area contributed by atoms with Crippen molar-refractivity contribution in [1.29, 1.82) is 0 Å². The van der Waals surface area contributed by atoms with E-state index in [0.29, 0.717) is 17.6 Å². The molecule has 0 bridgehead atoms. The molecule has 5 nitrogen and oxygen atoms in total. The molecule has 1 aliphatic heterocycles. The maximum absolute atomic E-state index is 6.63. The predicted molar refractivity (Wildman–Crippen MR) is 220 cm³/mol. The van der Waals surface area contributed by atoms with E-state index in [1.165, 1.54) is 27.6 Å². The van der Waals surface area contributed by atoms with Crippen LogP contribution in [0, 0.1) is 0 Å². The van der Waals surface area contributed by atoms with Gasteiger partial charge in [0.15, 0.2) is 11.6 Å². The molecule has 0 N–H and O–H groups in total. The summed E-state index contributed by atoms with van der Waals surface area (Å²) in [7, 11) is 0. The van der Waals surface area contributed by atoms with Crippen molar-refractivity contribution in [2.75, 3.05) is 0 Å². The molecule has 256 valence electrons. The van der Waals surface area contributed by atoms with Crippen molar-refractivity contribution in [3.05, 3.63) is 204 Å². The fourth-order valence-corrected chi connectivity index (χ4v) is 9.16. The highest BCUT2D eigenvalue weighted by Gasteiger charge is 2.51. The number of fused-ring (bicyclic) bond motifs is 13. The number of ether oxygens (including phenoxy) is 1. The predicted octanol–water partition coefficient (Wildman–Crippen LogP) is 11.9. The number of nitrogens with zero attached hydrogens (tertiary/aromatic N) is 4. The summed E-state index contributed by atoms with van der Waals surface area (Å²) in [4.78, 5) is 15.5. The fraction of sp³-hybridized carbons (Fsp3) is 0.0200. The van der Waals surface area contributed by atoms with Crippen LogP contribution < -0.4 is 4.74 Å². The molecule has 0 fully saturated rings. The first kappa shape index (κ1) is 30.1. The van der Waals surface area contributed by atoms with Crippen molar-refractivity contribution in [2.45, 2.75) is 5.41 Å². The molecule has 2 aromatic heterocycles. The van der Waals surface area contributed by atoms with Crippen LogP contribution in [0.2, 0.25) is 0 Å². The van der Waals surface area contributed by atoms with Crippen LogP contribution in [0.3, 0.4) is 0 Å². The van der Waals surface area contributed by atoms with E-state index in [0.717, 1.165) is 60.9 Å². The fourth-order valence-electron chi connectivity index (χ4n) is 9.16. The summed E-state index contributed by atoms with van der Waals surface area (Å²) in [5.74, 6) is 3.59. The second-order valence-electron chi connectivity index (χ2n) is 14.4. The zero-order valence-electron chi connectivity index (χ0n) is 29.5. The standard InChI is InChI=1S/C50H30N4O/c1-3-15-31(16-4-1)47-51-48(32-17-5-2-6-18-32)53-49(52-47)54-43-28-34-20-8-7-19-33(34)27-37(43)38-29-42-36(30-44(38)54)35-21-9-10-22-39(35)50(42)40-23-11-13-25-45(40)55-46-26-14-12-24-41(46)50/h1-30H. The number of hydrogen-bond acceptors (Lipinski definition) is 4. The van der Waals surface area contributed by atoms with E-state index >= 15 is 0 Å². The molecular formula is C50H30N4O. The lowest BCUT2D eigenvalue weighted by Gasteiger charge is -2.39. The Morgan fingerprint density at radius 1 is 0.400 bits per heavy atom. The third-order valence-electron chi connectivity index (χ3n) is 11.5. The minimum absolute atomic E-state index is 0.575. The third-order valence-corrected chi connectivity index (χ3v) is 11.5. The SMILES string of the molecule is c1ccc(-c2nc(-c3ccccc3)nc(-n3c4cc5c(cc4c4cc6ccccc6cc43)C3(c4ccccc4Oc4ccccc43)c3ccccc3-5)n2)cc1. The van der Waals surface area contributed by atoms with Crippen molar-refractivity contribution in [1.82, 2.24) is 19.5 Å². The lowest BCUT2D eigenvalue weighted by molar-refractivity contribution is 0.436. The van der Waals surface area contributed by atoms with Crippen LogP contribution in [-0.2, 0) is 5.41 Å². The Hall–Kier alpha value is -7.37. The van der Waals surface area contributed by atoms with E-state index in [2.05, 4.69) is 150 Å². The van der Waals surface area contributed by atoms with Gasteiger partial charge in [0.1, 0.15) is 11.5 Å². The molecule has 1 aliphatic carbocycles. The van der Waals surface area contributed by atoms with Gasteiger partial charge < -0.3 is 4.74 Å². The van der Waals surface area contributed by atoms with Gasteiger partial charge >= 0.3 is 0 Å². The molecule has 0 atom stereocenters. The second kappa shape index (κ2) is 11.3. The molecule has 0 saturated heterocycles. The first-order valence-electron chi connectivity index (χ1n) is 18.6. The molecule has 10 aromatic rings. The number of hydrogen-bond donors (Lipinski definition) is 0. The molecule has 1 spiro atoms. The van der Waals surface area contributed by atoms with Crippen LogP contribution in [0.1, 0.15) is 22.3 Å². The van der Waals surface area contributed by atoms with Crippen LogP contribution in [0.25, 0.3) is 72.4 Å². The van der Waals surface area contributed by atoms with E-state index in [9.17, 15) is 0 Å². The Balaban J connectivity index is 1.23. The van der Waals surface area contributed by atoms with Crippen LogP contribution in [0.4, 0.5) is 0 Å². The normalized spacial score (nSPS) is 13.4. The Labute approximate surface area is 316 Å². The summed E-state index contributed by atoms with van der Waals surface area (Å²) in [5.41, 5.74) is 10.5. The molecule has 0 radical (unpaired) electrons. The van der Waals surface area contributed by atoms with E-state index in [-0.39, 0.29) is 0 Å². The lowest BCUT2D eigenvalue weighted by atomic mass is 9.66. The summed E-state index contributed by atoms with van der Waals surface area (Å²) < 4.78 is 8.88. The zero-order valence-corrected chi connectivity index (χ0v) is 29.5. The van der Waals surface area contributed by atoms with E-state index < -0.39 is 5.41 Å². The van der Waals surface area contributed by atoms with Crippen molar-refractivity contribution >= 4 is 32.6 Å². The topological polar surface area (TPSA) is 52.8 Å². The summed E-state index contributed by atoms with van der Waals surface area (Å²) in [6.45, 7) is 0. The summed E-state index contributed by atoms with van der Waals surface area (Å²) in [6.07, 6.45) is 0. The first-order chi connectivity index (χ1) is 27.3. The highest BCUT2D eigenvalue weighted by molar-refractivity contribution is 6.15. The van der Waals surface area contributed by atoms with Gasteiger partial charge in [-0.1, -0.05) is 146 Å². The summed E-state index contributed by atoms with van der Waals surface area (Å²) >= 11 is 0. The summed E-state index contributed by atoms with van der Waals surface area (Å²) in [5, 5.41) is 4.61. The molecule has 0 amide bonds. The maximum atomic E-state index is 6.63. The molecule has 5 heteroatoms. The van der Waals surface area contributed by atoms with Crippen LogP contribution in [0.15, 0.2) is 182 Å². The van der Waals surface area contributed by atoms with Gasteiger partial charge in [-0.05, 0) is 69.4 Å². The quantitative estimate of drug-likeness (QED) is 0.184. The van der Waals surface area contributed by atoms with Crippen molar-refractivity contribution in [3.8, 4) is 51.3 Å². The molecule has 0 saturated carbocycles. The van der Waals surface area contributed by atoms with Gasteiger partial charge in [0, 0.05) is 33.0 Å². The van der Waals surface area contributed by atoms with E-state index in [1.54, 1.807) is 0 Å². The van der Waals surface area contributed by atoms with Gasteiger partial charge in [-0.15, -0.1) is 0 Å². The van der Waals surface area contributed by atoms with E-state index in [1.807, 2.05) is 36.4 Å². The van der Waals surface area contributed by atoms with Gasteiger partial charge in [-0.3, -0.25) is 4.57 Å². The Morgan fingerprint density at radius 3 is 1.56 bits per heavy atom. The molecule has 3 heterocycles. The highest BCUT2D eigenvalue weighted by atomic mass is 16.5. The van der Waals surface area contributed by atoms with Crippen molar-refractivity contribution in [3.63, 3.8) is 0 Å². The molecule has 8 aromatic carbocycles.